The first kappa shape index (κ1) is 15.8. The van der Waals surface area contributed by atoms with Crippen molar-refractivity contribution in [2.45, 2.75) is 58.7 Å². The molecule has 0 saturated heterocycles. The van der Waals surface area contributed by atoms with Gasteiger partial charge in [0.05, 0.1) is 6.54 Å². The lowest BCUT2D eigenvalue weighted by molar-refractivity contribution is 0.200. The highest BCUT2D eigenvalue weighted by Gasteiger charge is 2.16. The minimum atomic E-state index is -0.242. The van der Waals surface area contributed by atoms with E-state index >= 15 is 0 Å². The molecule has 118 valence electrons. The zero-order chi connectivity index (χ0) is 15.2. The minimum Gasteiger partial charge on any atom is -0.396 e. The van der Waals surface area contributed by atoms with E-state index in [-0.39, 0.29) is 24.6 Å². The van der Waals surface area contributed by atoms with Gasteiger partial charge in [-0.05, 0) is 25.7 Å². The first-order valence-electron chi connectivity index (χ1n) is 7.68. The average Bonchev–Trinajstić information content (AvgIpc) is 2.70. The number of hydrogen-bond acceptors (Lipinski definition) is 4. The molecule has 1 aliphatic heterocycles. The Bertz CT molecular complexity index is 474. The van der Waals surface area contributed by atoms with E-state index in [9.17, 15) is 4.79 Å². The van der Waals surface area contributed by atoms with Crippen molar-refractivity contribution in [1.29, 1.82) is 0 Å². The van der Waals surface area contributed by atoms with Gasteiger partial charge in [-0.15, -0.1) is 10.2 Å². The minimum absolute atomic E-state index is 0.0279. The first-order valence-corrected chi connectivity index (χ1v) is 7.68. The Morgan fingerprint density at radius 3 is 2.90 bits per heavy atom. The third-order valence-corrected chi connectivity index (χ3v) is 4.09. The van der Waals surface area contributed by atoms with Gasteiger partial charge in [0.15, 0.2) is 5.82 Å². The average molecular weight is 295 g/mol. The fourth-order valence-corrected chi connectivity index (χ4v) is 2.39. The van der Waals surface area contributed by atoms with E-state index in [1.165, 1.54) is 6.42 Å². The normalized spacial score (nSPS) is 17.5. The summed E-state index contributed by atoms with van der Waals surface area (Å²) >= 11 is 0. The van der Waals surface area contributed by atoms with E-state index in [4.69, 9.17) is 5.11 Å². The summed E-state index contributed by atoms with van der Waals surface area (Å²) in [5, 5.41) is 23.1. The predicted octanol–water partition coefficient (Wildman–Crippen LogP) is 0.821. The van der Waals surface area contributed by atoms with Crippen LogP contribution < -0.4 is 10.6 Å². The number of aryl methyl sites for hydroxylation is 1. The highest BCUT2D eigenvalue weighted by Crippen LogP contribution is 2.14. The summed E-state index contributed by atoms with van der Waals surface area (Å²) in [5.74, 6) is 1.86. The van der Waals surface area contributed by atoms with Crippen molar-refractivity contribution in [3.05, 3.63) is 11.6 Å². The Morgan fingerprint density at radius 2 is 2.14 bits per heavy atom. The van der Waals surface area contributed by atoms with E-state index in [0.29, 0.717) is 6.54 Å². The Balaban J connectivity index is 1.86. The number of rotatable bonds is 5. The van der Waals surface area contributed by atoms with Crippen molar-refractivity contribution in [3.8, 4) is 0 Å². The Labute approximate surface area is 125 Å². The van der Waals surface area contributed by atoms with Gasteiger partial charge in [-0.2, -0.15) is 0 Å². The molecule has 3 N–H and O–H groups in total. The van der Waals surface area contributed by atoms with Crippen LogP contribution in [-0.4, -0.2) is 38.6 Å². The van der Waals surface area contributed by atoms with Gasteiger partial charge >= 0.3 is 6.03 Å². The molecule has 0 spiro atoms. The van der Waals surface area contributed by atoms with Crippen LogP contribution in [0.2, 0.25) is 0 Å². The van der Waals surface area contributed by atoms with Crippen LogP contribution in [0, 0.1) is 5.92 Å². The van der Waals surface area contributed by atoms with Crippen molar-refractivity contribution in [3.63, 3.8) is 0 Å². The molecule has 7 heteroatoms. The summed E-state index contributed by atoms with van der Waals surface area (Å²) in [6, 6.07) is -0.320. The largest absolute Gasteiger partial charge is 0.396 e. The van der Waals surface area contributed by atoms with E-state index in [0.717, 1.165) is 37.5 Å². The van der Waals surface area contributed by atoms with Crippen LogP contribution in [0.3, 0.4) is 0 Å². The number of nitrogens with zero attached hydrogens (tertiary/aromatic N) is 3. The number of aliphatic hydroxyl groups is 1. The number of fused-ring (bicyclic) bond motifs is 1. The van der Waals surface area contributed by atoms with Crippen molar-refractivity contribution in [2.75, 3.05) is 6.61 Å². The summed E-state index contributed by atoms with van der Waals surface area (Å²) in [7, 11) is 0. The summed E-state index contributed by atoms with van der Waals surface area (Å²) in [4.78, 5) is 11.8. The molecule has 2 atom stereocenters. The summed E-state index contributed by atoms with van der Waals surface area (Å²) in [5.41, 5.74) is 0. The smallest absolute Gasteiger partial charge is 0.315 e. The Kier molecular flexibility index (Phi) is 5.55. The lowest BCUT2D eigenvalue weighted by Gasteiger charge is -2.19. The Hall–Kier alpha value is -1.63. The third kappa shape index (κ3) is 4.17. The van der Waals surface area contributed by atoms with Crippen molar-refractivity contribution in [2.24, 2.45) is 5.92 Å². The molecule has 7 nitrogen and oxygen atoms in total. The van der Waals surface area contributed by atoms with E-state index in [1.807, 2.05) is 13.8 Å². The molecule has 1 aromatic heterocycles. The van der Waals surface area contributed by atoms with Crippen LogP contribution in [0.5, 0.6) is 0 Å². The van der Waals surface area contributed by atoms with Gasteiger partial charge in [-0.25, -0.2) is 4.79 Å². The summed E-state index contributed by atoms with van der Waals surface area (Å²) in [6.07, 6.45) is 4.47. The zero-order valence-corrected chi connectivity index (χ0v) is 12.8. The molecule has 2 amide bonds. The molecular weight excluding hydrogens is 270 g/mol. The van der Waals surface area contributed by atoms with Gasteiger partial charge in [0.25, 0.3) is 0 Å². The first-order chi connectivity index (χ1) is 10.1. The lowest BCUT2D eigenvalue weighted by Crippen LogP contribution is -2.44. The number of aromatic nitrogens is 3. The standard InChI is InChI=1S/C14H25N5O2/c1-10(9-20)11(2)16-14(21)15-8-13-18-17-12-6-4-3-5-7-19(12)13/h10-11,20H,3-9H2,1-2H3,(H2,15,16,21). The fraction of sp³-hybridized carbons (Fsp3) is 0.786. The monoisotopic (exact) mass is 295 g/mol. The molecule has 0 bridgehead atoms. The SMILES string of the molecule is CC(CO)C(C)NC(=O)NCc1nnc2n1CCCCC2. The predicted molar refractivity (Wildman–Crippen MR) is 78.7 cm³/mol. The molecular formula is C14H25N5O2. The van der Waals surface area contributed by atoms with E-state index in [2.05, 4.69) is 25.4 Å². The fourth-order valence-electron chi connectivity index (χ4n) is 2.39. The molecule has 2 rings (SSSR count). The van der Waals surface area contributed by atoms with Crippen LogP contribution in [0.1, 0.15) is 44.8 Å². The molecule has 0 radical (unpaired) electrons. The molecule has 0 fully saturated rings. The number of carbonyl (C=O) groups excluding carboxylic acids is 1. The van der Waals surface area contributed by atoms with Crippen LogP contribution in [0.25, 0.3) is 0 Å². The topological polar surface area (TPSA) is 92.1 Å². The van der Waals surface area contributed by atoms with Gasteiger partial charge in [-0.1, -0.05) is 13.3 Å². The highest BCUT2D eigenvalue weighted by atomic mass is 16.3. The third-order valence-electron chi connectivity index (χ3n) is 4.09. The maximum Gasteiger partial charge on any atom is 0.315 e. The van der Waals surface area contributed by atoms with Gasteiger partial charge < -0.3 is 20.3 Å². The number of carbonyl (C=O) groups is 1. The molecule has 0 aliphatic carbocycles. The van der Waals surface area contributed by atoms with Gasteiger partial charge in [0.1, 0.15) is 5.82 Å². The van der Waals surface area contributed by atoms with Gasteiger partial charge in [0, 0.05) is 25.6 Å². The van der Waals surface area contributed by atoms with Crippen LogP contribution in [0.4, 0.5) is 4.79 Å². The van der Waals surface area contributed by atoms with E-state index in [1.54, 1.807) is 0 Å². The molecule has 1 aromatic rings. The molecule has 0 saturated carbocycles. The molecule has 2 heterocycles. The number of hydrogen-bond donors (Lipinski definition) is 3. The van der Waals surface area contributed by atoms with Crippen LogP contribution >= 0.6 is 0 Å². The maximum atomic E-state index is 11.8. The second-order valence-corrected chi connectivity index (χ2v) is 5.77. The van der Waals surface area contributed by atoms with Crippen molar-refractivity contribution < 1.29 is 9.90 Å². The second-order valence-electron chi connectivity index (χ2n) is 5.77. The van der Waals surface area contributed by atoms with Gasteiger partial charge in [0.2, 0.25) is 0 Å². The number of urea groups is 1. The van der Waals surface area contributed by atoms with Crippen LogP contribution in [-0.2, 0) is 19.5 Å². The van der Waals surface area contributed by atoms with Crippen molar-refractivity contribution in [1.82, 2.24) is 25.4 Å². The quantitative estimate of drug-likeness (QED) is 0.750. The highest BCUT2D eigenvalue weighted by molar-refractivity contribution is 5.74. The molecule has 0 aromatic carbocycles. The number of amides is 2. The second kappa shape index (κ2) is 7.40. The van der Waals surface area contributed by atoms with Gasteiger partial charge in [-0.3, -0.25) is 0 Å². The maximum absolute atomic E-state index is 11.8. The summed E-state index contributed by atoms with van der Waals surface area (Å²) in [6.45, 7) is 5.13. The van der Waals surface area contributed by atoms with Crippen molar-refractivity contribution >= 4 is 6.03 Å². The number of aliphatic hydroxyl groups excluding tert-OH is 1. The molecule has 21 heavy (non-hydrogen) atoms. The zero-order valence-electron chi connectivity index (χ0n) is 12.8. The van der Waals surface area contributed by atoms with E-state index < -0.39 is 0 Å². The number of nitrogens with one attached hydrogen (secondary N) is 2. The summed E-state index contributed by atoms with van der Waals surface area (Å²) < 4.78 is 2.12. The molecule has 1 aliphatic rings. The lowest BCUT2D eigenvalue weighted by atomic mass is 10.1. The molecule has 2 unspecified atom stereocenters. The van der Waals surface area contributed by atoms with Crippen LogP contribution in [0.15, 0.2) is 0 Å². The Morgan fingerprint density at radius 1 is 1.33 bits per heavy atom.